The molecule has 0 aliphatic carbocycles. The Hall–Kier alpha value is -2.01. The number of carbonyl (C=O) groups excluding carboxylic acids is 1. The van der Waals surface area contributed by atoms with Gasteiger partial charge in [0.2, 0.25) is 11.7 Å². The fourth-order valence-electron chi connectivity index (χ4n) is 1.53. The summed E-state index contributed by atoms with van der Waals surface area (Å²) in [5.41, 5.74) is 0.00520. The van der Waals surface area contributed by atoms with Gasteiger partial charge in [0.05, 0.1) is 6.42 Å². The molecule has 0 unspecified atom stereocenters. The molecule has 1 aromatic carbocycles. The van der Waals surface area contributed by atoms with Crippen LogP contribution in [0.4, 0.5) is 0 Å². The lowest BCUT2D eigenvalue weighted by molar-refractivity contribution is 0.00973. The summed E-state index contributed by atoms with van der Waals surface area (Å²) in [6.07, 6.45) is 0.0941. The first kappa shape index (κ1) is 13.4. The predicted molar refractivity (Wildman–Crippen MR) is 68.8 cm³/mol. The molecule has 0 N–H and O–H groups in total. The molecule has 0 spiro atoms. The van der Waals surface area contributed by atoms with E-state index in [2.05, 4.69) is 10.1 Å². The zero-order chi connectivity index (χ0) is 13.9. The SMILES string of the molecule is COC(C)(C)c1noc(CC(=O)c2ccccc2)n1. The smallest absolute Gasteiger partial charge is 0.234 e. The molecular weight excluding hydrogens is 244 g/mol. The minimum Gasteiger partial charge on any atom is -0.371 e. The second-order valence-electron chi connectivity index (χ2n) is 4.69. The first-order valence-corrected chi connectivity index (χ1v) is 5.99. The van der Waals surface area contributed by atoms with Crippen LogP contribution in [0.25, 0.3) is 0 Å². The monoisotopic (exact) mass is 260 g/mol. The number of methoxy groups -OCH3 is 1. The standard InChI is InChI=1S/C14H16N2O3/c1-14(2,18-3)13-15-12(19-16-13)9-11(17)10-7-5-4-6-8-10/h4-8H,9H2,1-3H3. The number of nitrogens with zero attached hydrogens (tertiary/aromatic N) is 2. The van der Waals surface area contributed by atoms with Gasteiger partial charge in [0.25, 0.3) is 0 Å². The highest BCUT2D eigenvalue weighted by Gasteiger charge is 2.26. The molecular formula is C14H16N2O3. The number of rotatable bonds is 5. The lowest BCUT2D eigenvalue weighted by Crippen LogP contribution is -2.21. The lowest BCUT2D eigenvalue weighted by Gasteiger charge is -2.17. The third-order valence-electron chi connectivity index (χ3n) is 2.92. The minimum absolute atomic E-state index is 0.0500. The Kier molecular flexibility index (Phi) is 3.76. The highest BCUT2D eigenvalue weighted by Crippen LogP contribution is 2.20. The summed E-state index contributed by atoms with van der Waals surface area (Å²) in [5, 5.41) is 3.84. The number of hydrogen-bond acceptors (Lipinski definition) is 5. The Labute approximate surface area is 111 Å². The van der Waals surface area contributed by atoms with E-state index >= 15 is 0 Å². The highest BCUT2D eigenvalue weighted by molar-refractivity contribution is 5.96. The number of ether oxygens (including phenoxy) is 1. The fourth-order valence-corrected chi connectivity index (χ4v) is 1.53. The van der Waals surface area contributed by atoms with E-state index < -0.39 is 5.60 Å². The molecule has 1 heterocycles. The van der Waals surface area contributed by atoms with E-state index in [1.54, 1.807) is 19.2 Å². The molecule has 2 rings (SSSR count). The van der Waals surface area contributed by atoms with Crippen molar-refractivity contribution >= 4 is 5.78 Å². The van der Waals surface area contributed by atoms with Crippen LogP contribution in [0.5, 0.6) is 0 Å². The Morgan fingerprint density at radius 2 is 2.00 bits per heavy atom. The van der Waals surface area contributed by atoms with Crippen LogP contribution in [-0.4, -0.2) is 23.0 Å². The Morgan fingerprint density at radius 1 is 1.32 bits per heavy atom. The van der Waals surface area contributed by atoms with Crippen molar-refractivity contribution in [3.63, 3.8) is 0 Å². The van der Waals surface area contributed by atoms with E-state index in [0.29, 0.717) is 17.3 Å². The van der Waals surface area contributed by atoms with Gasteiger partial charge in [-0.2, -0.15) is 4.98 Å². The van der Waals surface area contributed by atoms with E-state index in [4.69, 9.17) is 9.26 Å². The van der Waals surface area contributed by atoms with Crippen molar-refractivity contribution in [3.05, 3.63) is 47.6 Å². The molecule has 0 amide bonds. The van der Waals surface area contributed by atoms with Crippen molar-refractivity contribution < 1.29 is 14.1 Å². The topological polar surface area (TPSA) is 65.2 Å². The van der Waals surface area contributed by atoms with Crippen molar-refractivity contribution in [2.24, 2.45) is 0 Å². The summed E-state index contributed by atoms with van der Waals surface area (Å²) in [6, 6.07) is 9.03. The van der Waals surface area contributed by atoms with Gasteiger partial charge in [-0.3, -0.25) is 4.79 Å². The molecule has 5 nitrogen and oxygen atoms in total. The summed E-state index contributed by atoms with van der Waals surface area (Å²) in [5.74, 6) is 0.686. The molecule has 0 bridgehead atoms. The zero-order valence-electron chi connectivity index (χ0n) is 11.2. The third-order valence-corrected chi connectivity index (χ3v) is 2.92. The molecule has 19 heavy (non-hydrogen) atoms. The Bertz CT molecular complexity index is 561. The Morgan fingerprint density at radius 3 is 2.63 bits per heavy atom. The van der Waals surface area contributed by atoms with Gasteiger partial charge in [-0.15, -0.1) is 0 Å². The molecule has 2 aromatic rings. The maximum atomic E-state index is 12.0. The second-order valence-corrected chi connectivity index (χ2v) is 4.69. The molecule has 0 fully saturated rings. The van der Waals surface area contributed by atoms with Crippen LogP contribution in [0.2, 0.25) is 0 Å². The van der Waals surface area contributed by atoms with E-state index in [9.17, 15) is 4.79 Å². The maximum absolute atomic E-state index is 12.0. The van der Waals surface area contributed by atoms with E-state index in [1.165, 1.54) is 0 Å². The molecule has 100 valence electrons. The van der Waals surface area contributed by atoms with Crippen molar-refractivity contribution in [2.75, 3.05) is 7.11 Å². The van der Waals surface area contributed by atoms with Gasteiger partial charge < -0.3 is 9.26 Å². The molecule has 0 saturated carbocycles. The summed E-state index contributed by atoms with van der Waals surface area (Å²) >= 11 is 0. The number of benzene rings is 1. The molecule has 5 heteroatoms. The molecule has 0 aliphatic heterocycles. The number of ketones is 1. The van der Waals surface area contributed by atoms with Crippen molar-refractivity contribution in [2.45, 2.75) is 25.9 Å². The summed E-state index contributed by atoms with van der Waals surface area (Å²) in [4.78, 5) is 16.2. The first-order chi connectivity index (χ1) is 9.03. The lowest BCUT2D eigenvalue weighted by atomic mass is 10.1. The number of carbonyl (C=O) groups is 1. The van der Waals surface area contributed by atoms with Crippen molar-refractivity contribution in [1.82, 2.24) is 10.1 Å². The van der Waals surface area contributed by atoms with E-state index in [-0.39, 0.29) is 12.2 Å². The normalized spacial score (nSPS) is 11.5. The van der Waals surface area contributed by atoms with Gasteiger partial charge in [-0.05, 0) is 13.8 Å². The van der Waals surface area contributed by atoms with Crippen LogP contribution in [0.3, 0.4) is 0 Å². The Balaban J connectivity index is 2.11. The average molecular weight is 260 g/mol. The van der Waals surface area contributed by atoms with Crippen LogP contribution in [0, 0.1) is 0 Å². The number of Topliss-reactive ketones (excluding diaryl/α,β-unsaturated/α-hetero) is 1. The molecule has 0 radical (unpaired) electrons. The van der Waals surface area contributed by atoms with Crippen LogP contribution in [0.15, 0.2) is 34.9 Å². The summed E-state index contributed by atoms with van der Waals surface area (Å²) in [6.45, 7) is 3.67. The number of hydrogen-bond donors (Lipinski definition) is 0. The maximum Gasteiger partial charge on any atom is 0.234 e. The fraction of sp³-hybridized carbons (Fsp3) is 0.357. The number of aromatic nitrogens is 2. The van der Waals surface area contributed by atoms with E-state index in [0.717, 1.165) is 0 Å². The van der Waals surface area contributed by atoms with Gasteiger partial charge >= 0.3 is 0 Å². The van der Waals surface area contributed by atoms with Crippen LogP contribution < -0.4 is 0 Å². The van der Waals surface area contributed by atoms with Crippen LogP contribution >= 0.6 is 0 Å². The van der Waals surface area contributed by atoms with Crippen LogP contribution in [-0.2, 0) is 16.8 Å². The first-order valence-electron chi connectivity index (χ1n) is 5.99. The second kappa shape index (κ2) is 5.32. The van der Waals surface area contributed by atoms with Gasteiger partial charge in [0.1, 0.15) is 5.60 Å². The summed E-state index contributed by atoms with van der Waals surface area (Å²) < 4.78 is 10.3. The minimum atomic E-state index is -0.627. The van der Waals surface area contributed by atoms with E-state index in [1.807, 2.05) is 32.0 Å². The summed E-state index contributed by atoms with van der Waals surface area (Å²) in [7, 11) is 1.57. The van der Waals surface area contributed by atoms with Crippen molar-refractivity contribution in [1.29, 1.82) is 0 Å². The zero-order valence-corrected chi connectivity index (χ0v) is 11.2. The largest absolute Gasteiger partial charge is 0.371 e. The molecule has 0 atom stereocenters. The average Bonchev–Trinajstić information content (AvgIpc) is 2.89. The van der Waals surface area contributed by atoms with Crippen molar-refractivity contribution in [3.8, 4) is 0 Å². The van der Waals surface area contributed by atoms with Gasteiger partial charge in [0, 0.05) is 12.7 Å². The van der Waals surface area contributed by atoms with Gasteiger partial charge in [-0.1, -0.05) is 35.5 Å². The van der Waals surface area contributed by atoms with Crippen LogP contribution in [0.1, 0.15) is 35.9 Å². The molecule has 1 aromatic heterocycles. The van der Waals surface area contributed by atoms with Gasteiger partial charge in [-0.25, -0.2) is 0 Å². The molecule has 0 saturated heterocycles. The quantitative estimate of drug-likeness (QED) is 0.772. The molecule has 0 aliphatic rings. The highest BCUT2D eigenvalue weighted by atomic mass is 16.5. The van der Waals surface area contributed by atoms with Gasteiger partial charge in [0.15, 0.2) is 5.78 Å². The third kappa shape index (κ3) is 3.06. The predicted octanol–water partition coefficient (Wildman–Crippen LogP) is 2.38.